The number of amides is 1. The Morgan fingerprint density at radius 3 is 2.78 bits per heavy atom. The molecule has 4 unspecified atom stereocenters. The van der Waals surface area contributed by atoms with E-state index in [1.54, 1.807) is 4.68 Å². The van der Waals surface area contributed by atoms with E-state index in [1.165, 1.54) is 30.6 Å². The van der Waals surface area contributed by atoms with Gasteiger partial charge >= 0.3 is 0 Å². The van der Waals surface area contributed by atoms with E-state index in [-0.39, 0.29) is 11.4 Å². The van der Waals surface area contributed by atoms with Gasteiger partial charge in [-0.1, -0.05) is 25.4 Å². The number of aryl methyl sites for hydroxylation is 3. The van der Waals surface area contributed by atoms with Crippen molar-refractivity contribution in [3.63, 3.8) is 0 Å². The molecule has 0 aliphatic heterocycles. The van der Waals surface area contributed by atoms with Gasteiger partial charge in [-0.05, 0) is 69.3 Å². The van der Waals surface area contributed by atoms with E-state index < -0.39 is 0 Å². The number of halogens is 1. The molecule has 0 radical (unpaired) electrons. The van der Waals surface area contributed by atoms with Crippen LogP contribution in [0.15, 0.2) is 12.4 Å². The fourth-order valence-electron chi connectivity index (χ4n) is 6.28. The maximum atomic E-state index is 13.9. The molecule has 3 aromatic rings. The predicted octanol–water partition coefficient (Wildman–Crippen LogP) is 6.30. The number of hydrogen-bond acceptors (Lipinski definition) is 4. The standard InChI is InChI=1S/C25H31ClN4OS/c1-13-8-17-6-7-25(10-13,14(2)9-17)29-23(31)22-20(18-11-27-30(5)12-18)19-15(3)21(26)16(4)28-24(19)32-22/h11-14,17H,6-10H2,1-5H3,(H,29,31). The lowest BCUT2D eigenvalue weighted by atomic mass is 9.70. The van der Waals surface area contributed by atoms with Crippen molar-refractivity contribution in [1.82, 2.24) is 20.1 Å². The zero-order valence-corrected chi connectivity index (χ0v) is 21.0. The predicted molar refractivity (Wildman–Crippen MR) is 131 cm³/mol. The third kappa shape index (κ3) is 3.47. The first-order chi connectivity index (χ1) is 15.2. The van der Waals surface area contributed by atoms with Crippen molar-refractivity contribution in [2.45, 2.75) is 65.3 Å². The topological polar surface area (TPSA) is 59.8 Å². The minimum Gasteiger partial charge on any atom is -0.346 e. The molecule has 1 amide bonds. The molecule has 170 valence electrons. The summed E-state index contributed by atoms with van der Waals surface area (Å²) in [4.78, 5) is 20.2. The molecule has 3 heterocycles. The van der Waals surface area contributed by atoms with Gasteiger partial charge in [0.25, 0.3) is 5.91 Å². The van der Waals surface area contributed by atoms with Gasteiger partial charge in [0.2, 0.25) is 0 Å². The molecular weight excluding hydrogens is 440 g/mol. The number of fused-ring (bicyclic) bond motifs is 5. The fraction of sp³-hybridized carbons (Fsp3) is 0.560. The molecule has 3 saturated carbocycles. The molecule has 7 heteroatoms. The van der Waals surface area contributed by atoms with E-state index in [0.717, 1.165) is 51.4 Å². The highest BCUT2D eigenvalue weighted by Gasteiger charge is 2.46. The molecule has 0 saturated heterocycles. The Balaban J connectivity index is 1.64. The highest BCUT2D eigenvalue weighted by Crippen LogP contribution is 2.48. The molecular formula is C25H31ClN4OS. The Labute approximate surface area is 198 Å². The molecule has 4 atom stereocenters. The molecule has 6 rings (SSSR count). The second kappa shape index (κ2) is 7.84. The van der Waals surface area contributed by atoms with Gasteiger partial charge in [-0.25, -0.2) is 4.98 Å². The summed E-state index contributed by atoms with van der Waals surface area (Å²) in [6.45, 7) is 8.61. The van der Waals surface area contributed by atoms with Gasteiger partial charge in [0.15, 0.2) is 0 Å². The van der Waals surface area contributed by atoms with Crippen LogP contribution in [0.1, 0.15) is 66.9 Å². The number of carbonyl (C=O) groups is 1. The number of carbonyl (C=O) groups excluding carboxylic acids is 1. The molecule has 3 aliphatic rings. The quantitative estimate of drug-likeness (QED) is 0.488. The van der Waals surface area contributed by atoms with E-state index in [9.17, 15) is 4.79 Å². The first-order valence-corrected chi connectivity index (χ1v) is 12.8. The van der Waals surface area contributed by atoms with Crippen LogP contribution in [0.2, 0.25) is 5.02 Å². The molecule has 0 aromatic carbocycles. The SMILES string of the molecule is Cc1nc2sc(C(=O)NC34CCC(CC(C)C3)CC4C)c(-c3cnn(C)c3)c2c(C)c1Cl. The molecule has 32 heavy (non-hydrogen) atoms. The van der Waals surface area contributed by atoms with Crippen LogP contribution in [0.3, 0.4) is 0 Å². The molecule has 3 aromatic heterocycles. The summed E-state index contributed by atoms with van der Waals surface area (Å²) in [6, 6.07) is 0. The number of pyridine rings is 1. The maximum Gasteiger partial charge on any atom is 0.262 e. The summed E-state index contributed by atoms with van der Waals surface area (Å²) in [5.41, 5.74) is 3.48. The average molecular weight is 471 g/mol. The minimum atomic E-state index is -0.123. The van der Waals surface area contributed by atoms with E-state index in [0.29, 0.717) is 21.7 Å². The number of thiophene rings is 1. The number of nitrogens with one attached hydrogen (secondary N) is 1. The summed E-state index contributed by atoms with van der Waals surface area (Å²) < 4.78 is 1.77. The first-order valence-electron chi connectivity index (χ1n) is 11.6. The zero-order valence-electron chi connectivity index (χ0n) is 19.5. The lowest BCUT2D eigenvalue weighted by Crippen LogP contribution is -2.54. The molecule has 1 N–H and O–H groups in total. The zero-order chi connectivity index (χ0) is 22.8. The van der Waals surface area contributed by atoms with Crippen molar-refractivity contribution in [1.29, 1.82) is 0 Å². The van der Waals surface area contributed by atoms with Gasteiger partial charge in [0.1, 0.15) is 9.71 Å². The van der Waals surface area contributed by atoms with Crippen LogP contribution in [0.25, 0.3) is 21.3 Å². The van der Waals surface area contributed by atoms with Crippen LogP contribution in [0, 0.1) is 31.6 Å². The summed E-state index contributed by atoms with van der Waals surface area (Å²) >= 11 is 8.06. The van der Waals surface area contributed by atoms with Gasteiger partial charge in [-0.15, -0.1) is 11.3 Å². The summed E-state index contributed by atoms with van der Waals surface area (Å²) in [5, 5.41) is 9.57. The first kappa shape index (κ1) is 21.9. The lowest BCUT2D eigenvalue weighted by Gasteiger charge is -2.43. The van der Waals surface area contributed by atoms with Crippen molar-refractivity contribution < 1.29 is 4.79 Å². The van der Waals surface area contributed by atoms with Gasteiger partial charge in [0, 0.05) is 35.3 Å². The average Bonchev–Trinajstić information content (AvgIpc) is 3.25. The Kier molecular flexibility index (Phi) is 5.37. The molecule has 5 nitrogen and oxygen atoms in total. The van der Waals surface area contributed by atoms with Gasteiger partial charge < -0.3 is 5.32 Å². The maximum absolute atomic E-state index is 13.9. The number of aromatic nitrogens is 3. The molecule has 2 bridgehead atoms. The monoisotopic (exact) mass is 470 g/mol. The van der Waals surface area contributed by atoms with Crippen LogP contribution in [-0.2, 0) is 7.05 Å². The second-order valence-corrected chi connectivity index (χ2v) is 11.6. The van der Waals surface area contributed by atoms with Crippen molar-refractivity contribution in [2.75, 3.05) is 0 Å². The van der Waals surface area contributed by atoms with Crippen LogP contribution in [0.4, 0.5) is 0 Å². The Hall–Kier alpha value is -1.92. The minimum absolute atomic E-state index is 0.0134. The smallest absolute Gasteiger partial charge is 0.262 e. The fourth-order valence-corrected chi connectivity index (χ4v) is 7.61. The molecule has 3 aliphatic carbocycles. The third-order valence-electron chi connectivity index (χ3n) is 7.82. The van der Waals surface area contributed by atoms with Crippen molar-refractivity contribution in [2.24, 2.45) is 24.8 Å². The van der Waals surface area contributed by atoms with E-state index in [4.69, 9.17) is 16.6 Å². The highest BCUT2D eigenvalue weighted by atomic mass is 35.5. The Bertz CT molecular complexity index is 1210. The van der Waals surface area contributed by atoms with E-state index in [1.807, 2.05) is 33.3 Å². The van der Waals surface area contributed by atoms with Crippen LogP contribution >= 0.6 is 22.9 Å². The van der Waals surface area contributed by atoms with Crippen LogP contribution in [-0.4, -0.2) is 26.2 Å². The highest BCUT2D eigenvalue weighted by molar-refractivity contribution is 7.21. The Morgan fingerprint density at radius 2 is 2.09 bits per heavy atom. The largest absolute Gasteiger partial charge is 0.346 e. The Morgan fingerprint density at radius 1 is 1.31 bits per heavy atom. The van der Waals surface area contributed by atoms with Crippen molar-refractivity contribution in [3.8, 4) is 11.1 Å². The van der Waals surface area contributed by atoms with Gasteiger partial charge in [-0.2, -0.15) is 5.10 Å². The summed E-state index contributed by atoms with van der Waals surface area (Å²) in [7, 11) is 1.89. The third-order valence-corrected chi connectivity index (χ3v) is 9.46. The van der Waals surface area contributed by atoms with E-state index in [2.05, 4.69) is 24.3 Å². The van der Waals surface area contributed by atoms with Crippen molar-refractivity contribution in [3.05, 3.63) is 33.6 Å². The summed E-state index contributed by atoms with van der Waals surface area (Å²) in [5.74, 6) is 1.94. The molecule has 3 fully saturated rings. The lowest BCUT2D eigenvalue weighted by molar-refractivity contribution is 0.0771. The van der Waals surface area contributed by atoms with Crippen LogP contribution < -0.4 is 5.32 Å². The van der Waals surface area contributed by atoms with Crippen molar-refractivity contribution >= 4 is 39.1 Å². The number of hydrogen-bond donors (Lipinski definition) is 1. The number of rotatable bonds is 3. The van der Waals surface area contributed by atoms with Gasteiger partial charge in [0.05, 0.1) is 16.9 Å². The normalized spacial score (nSPS) is 27.6. The second-order valence-electron chi connectivity index (χ2n) is 10.2. The van der Waals surface area contributed by atoms with Gasteiger partial charge in [-0.3, -0.25) is 9.48 Å². The van der Waals surface area contributed by atoms with E-state index >= 15 is 0 Å². The molecule has 0 spiro atoms. The summed E-state index contributed by atoms with van der Waals surface area (Å²) in [6.07, 6.45) is 9.63. The number of nitrogens with zero attached hydrogens (tertiary/aromatic N) is 3. The van der Waals surface area contributed by atoms with Crippen LogP contribution in [0.5, 0.6) is 0 Å².